The van der Waals surface area contributed by atoms with E-state index in [9.17, 15) is 19.5 Å². The molecule has 0 bridgehead atoms. The molecule has 1 aliphatic heterocycles. The maximum atomic E-state index is 13.4. The van der Waals surface area contributed by atoms with Gasteiger partial charge in [-0.05, 0) is 62.3 Å². The maximum Gasteiger partial charge on any atom is 0.348 e. The van der Waals surface area contributed by atoms with Crippen LogP contribution in [0.5, 0.6) is 0 Å². The van der Waals surface area contributed by atoms with Gasteiger partial charge in [0, 0.05) is 16.7 Å². The Bertz CT molecular complexity index is 1210. The summed E-state index contributed by atoms with van der Waals surface area (Å²) in [6.45, 7) is 20.0. The highest BCUT2D eigenvalue weighted by Crippen LogP contribution is 2.36. The van der Waals surface area contributed by atoms with Gasteiger partial charge < -0.3 is 24.1 Å². The van der Waals surface area contributed by atoms with Crippen molar-refractivity contribution in [3.05, 3.63) is 52.5 Å². The molecule has 0 aromatic heterocycles. The topological polar surface area (TPSA) is 124 Å². The van der Waals surface area contributed by atoms with Gasteiger partial charge in [-0.1, -0.05) is 45.0 Å². The number of ether oxygens (including phenoxy) is 4. The minimum Gasteiger partial charge on any atom is -0.607 e. The number of aliphatic imine (C=N–C) groups is 1. The standard InChI is InChI=1S/C30H41NO8/c1-27(2,3)36-23(32)19(24(33)37-28(4,5)6)21-17-15-13-14-16-18(17)22(31-21)20(25(34)38-29(7,8)9)26(35)39-30(10,11)12/h13-16,32H,1-12H3/p-1/b23-19-. The number of carbonyl (C=O) groups excluding carboxylic acids is 3. The number of nitrogens with zero attached hydrogens (tertiary/aromatic N) is 1. The van der Waals surface area contributed by atoms with Gasteiger partial charge in [-0.2, -0.15) is 0 Å². The minimum atomic E-state index is -0.956. The smallest absolute Gasteiger partial charge is 0.348 e. The lowest BCUT2D eigenvalue weighted by Gasteiger charge is -2.32. The van der Waals surface area contributed by atoms with E-state index in [0.717, 1.165) is 0 Å². The molecular weight excluding hydrogens is 502 g/mol. The molecule has 0 spiro atoms. The van der Waals surface area contributed by atoms with Crippen molar-refractivity contribution in [1.82, 2.24) is 0 Å². The summed E-state index contributed by atoms with van der Waals surface area (Å²) >= 11 is 0. The SMILES string of the molecule is CC(C)(C)OC(=O)C(C(=O)OC(C)(C)C)=C1N=C(/C(C(=O)OC(C)(C)C)=C(\[O-])OC(C)(C)C)c2ccccc21. The van der Waals surface area contributed by atoms with Crippen molar-refractivity contribution in [1.29, 1.82) is 0 Å². The molecule has 0 radical (unpaired) electrons. The molecule has 9 nitrogen and oxygen atoms in total. The van der Waals surface area contributed by atoms with Crippen molar-refractivity contribution in [3.8, 4) is 0 Å². The van der Waals surface area contributed by atoms with Gasteiger partial charge in [0.15, 0.2) is 5.57 Å². The largest absolute Gasteiger partial charge is 0.607 e. The van der Waals surface area contributed by atoms with Crippen LogP contribution >= 0.6 is 0 Å². The lowest BCUT2D eigenvalue weighted by Crippen LogP contribution is -2.33. The van der Waals surface area contributed by atoms with Crippen molar-refractivity contribution in [3.63, 3.8) is 0 Å². The Morgan fingerprint density at radius 1 is 0.615 bits per heavy atom. The van der Waals surface area contributed by atoms with Crippen LogP contribution in [0.1, 0.15) is 94.2 Å². The number of hydrogen-bond acceptors (Lipinski definition) is 9. The van der Waals surface area contributed by atoms with Gasteiger partial charge in [0.25, 0.3) is 0 Å². The van der Waals surface area contributed by atoms with Crippen LogP contribution < -0.4 is 5.11 Å². The second-order valence-corrected chi connectivity index (χ2v) is 13.1. The summed E-state index contributed by atoms with van der Waals surface area (Å²) in [5, 5.41) is 13.4. The zero-order valence-electron chi connectivity index (χ0n) is 25.0. The zero-order valence-corrected chi connectivity index (χ0v) is 25.0. The Morgan fingerprint density at radius 3 is 1.41 bits per heavy atom. The van der Waals surface area contributed by atoms with Gasteiger partial charge in [-0.15, -0.1) is 0 Å². The van der Waals surface area contributed by atoms with E-state index in [1.54, 1.807) is 107 Å². The number of hydrogen-bond donors (Lipinski definition) is 0. The van der Waals surface area contributed by atoms with Crippen LogP contribution in [0.2, 0.25) is 0 Å². The van der Waals surface area contributed by atoms with E-state index in [0.29, 0.717) is 11.1 Å². The van der Waals surface area contributed by atoms with E-state index < -0.39 is 57.4 Å². The summed E-state index contributed by atoms with van der Waals surface area (Å²) < 4.78 is 22.1. The second-order valence-electron chi connectivity index (χ2n) is 13.1. The van der Waals surface area contributed by atoms with Gasteiger partial charge in [-0.25, -0.2) is 19.4 Å². The molecule has 0 N–H and O–H groups in total. The van der Waals surface area contributed by atoms with Gasteiger partial charge >= 0.3 is 17.9 Å². The summed E-state index contributed by atoms with van der Waals surface area (Å²) in [5.74, 6) is -3.82. The second kappa shape index (κ2) is 10.9. The molecule has 1 heterocycles. The third-order valence-corrected chi connectivity index (χ3v) is 4.55. The van der Waals surface area contributed by atoms with Crippen molar-refractivity contribution >= 4 is 29.3 Å². The van der Waals surface area contributed by atoms with Crippen molar-refractivity contribution in [2.24, 2.45) is 4.99 Å². The third-order valence-electron chi connectivity index (χ3n) is 4.55. The van der Waals surface area contributed by atoms with Crippen LogP contribution in [0, 0.1) is 0 Å². The summed E-state index contributed by atoms with van der Waals surface area (Å²) in [6.07, 6.45) is 0. The Labute approximate surface area is 230 Å². The molecule has 0 saturated heterocycles. The predicted octanol–water partition coefficient (Wildman–Crippen LogP) is 4.61. The molecule has 214 valence electrons. The summed E-state index contributed by atoms with van der Waals surface area (Å²) in [7, 11) is 0. The first-order chi connectivity index (χ1) is 17.5. The van der Waals surface area contributed by atoms with Gasteiger partial charge in [0.1, 0.15) is 22.4 Å². The number of benzene rings is 1. The Kier molecular flexibility index (Phi) is 8.80. The molecule has 0 aliphatic carbocycles. The molecule has 0 atom stereocenters. The first kappa shape index (κ1) is 31.6. The number of rotatable bonds is 5. The van der Waals surface area contributed by atoms with E-state index >= 15 is 0 Å². The fourth-order valence-corrected chi connectivity index (χ4v) is 3.38. The van der Waals surface area contributed by atoms with Gasteiger partial charge in [0.2, 0.25) is 0 Å². The van der Waals surface area contributed by atoms with E-state index in [4.69, 9.17) is 18.9 Å². The quantitative estimate of drug-likeness (QED) is 0.132. The van der Waals surface area contributed by atoms with Gasteiger partial charge in [-0.3, -0.25) is 0 Å². The molecule has 2 rings (SSSR count). The lowest BCUT2D eigenvalue weighted by molar-refractivity contribution is -0.369. The Hall–Kier alpha value is -3.62. The molecule has 39 heavy (non-hydrogen) atoms. The molecular formula is C30H40NO8-. The average Bonchev–Trinajstić information content (AvgIpc) is 3.01. The molecule has 0 amide bonds. The van der Waals surface area contributed by atoms with Crippen LogP contribution in [-0.4, -0.2) is 46.0 Å². The first-order valence-corrected chi connectivity index (χ1v) is 12.7. The molecule has 0 fully saturated rings. The minimum absolute atomic E-state index is 0.0892. The fraction of sp³-hybridized carbons (Fsp3) is 0.533. The molecule has 0 saturated carbocycles. The number of fused-ring (bicyclic) bond motifs is 1. The highest BCUT2D eigenvalue weighted by Gasteiger charge is 2.38. The molecule has 1 aromatic carbocycles. The summed E-state index contributed by atoms with van der Waals surface area (Å²) in [5.41, 5.74) is -4.15. The summed E-state index contributed by atoms with van der Waals surface area (Å²) in [4.78, 5) is 44.6. The van der Waals surface area contributed by atoms with Gasteiger partial charge in [0.05, 0.1) is 17.4 Å². The Balaban J connectivity index is 2.94. The predicted molar refractivity (Wildman–Crippen MR) is 145 cm³/mol. The van der Waals surface area contributed by atoms with Crippen LogP contribution in [0.3, 0.4) is 0 Å². The van der Waals surface area contributed by atoms with Crippen molar-refractivity contribution in [2.75, 3.05) is 0 Å². The number of esters is 3. The molecule has 0 unspecified atom stereocenters. The van der Waals surface area contributed by atoms with Crippen LogP contribution in [-0.2, 0) is 33.3 Å². The summed E-state index contributed by atoms with van der Waals surface area (Å²) in [6, 6.07) is 6.61. The highest BCUT2D eigenvalue weighted by molar-refractivity contribution is 6.33. The number of carbonyl (C=O) groups is 3. The first-order valence-electron chi connectivity index (χ1n) is 12.7. The average molecular weight is 543 g/mol. The van der Waals surface area contributed by atoms with Crippen molar-refractivity contribution < 1.29 is 38.4 Å². The maximum absolute atomic E-state index is 13.4. The fourth-order valence-electron chi connectivity index (χ4n) is 3.38. The van der Waals surface area contributed by atoms with Crippen LogP contribution in [0.4, 0.5) is 0 Å². The van der Waals surface area contributed by atoms with Crippen molar-refractivity contribution in [2.45, 2.75) is 105 Å². The zero-order chi connectivity index (χ0) is 30.1. The molecule has 9 heteroatoms. The lowest BCUT2D eigenvalue weighted by atomic mass is 9.97. The molecule has 1 aromatic rings. The van der Waals surface area contributed by atoms with E-state index in [1.807, 2.05) is 0 Å². The van der Waals surface area contributed by atoms with E-state index in [-0.39, 0.29) is 11.4 Å². The van der Waals surface area contributed by atoms with E-state index in [1.165, 1.54) is 0 Å². The highest BCUT2D eigenvalue weighted by atomic mass is 16.6. The monoisotopic (exact) mass is 542 g/mol. The van der Waals surface area contributed by atoms with Crippen LogP contribution in [0.15, 0.2) is 46.3 Å². The van der Waals surface area contributed by atoms with E-state index in [2.05, 4.69) is 4.99 Å². The Morgan fingerprint density at radius 2 is 1.00 bits per heavy atom. The van der Waals surface area contributed by atoms with Crippen LogP contribution in [0.25, 0.3) is 5.70 Å². The molecule has 1 aliphatic rings. The third kappa shape index (κ3) is 8.97. The normalized spacial score (nSPS) is 14.6.